The van der Waals surface area contributed by atoms with Gasteiger partial charge in [0.25, 0.3) is 11.8 Å². The lowest BCUT2D eigenvalue weighted by Gasteiger charge is -2.27. The van der Waals surface area contributed by atoms with Crippen molar-refractivity contribution in [3.05, 3.63) is 71.5 Å². The summed E-state index contributed by atoms with van der Waals surface area (Å²) in [6.45, 7) is 6.12. The fraction of sp³-hybridized carbons (Fsp3) is 0.393. The predicted molar refractivity (Wildman–Crippen MR) is 138 cm³/mol. The van der Waals surface area contributed by atoms with E-state index in [1.54, 1.807) is 18.3 Å². The number of fused-ring (bicyclic) bond motifs is 1. The highest BCUT2D eigenvalue weighted by Gasteiger charge is 2.20. The Bertz CT molecular complexity index is 1220. The Morgan fingerprint density at radius 2 is 1.64 bits per heavy atom. The average molecular weight is 489 g/mol. The molecule has 2 aliphatic rings. The number of benzene rings is 2. The Hall–Kier alpha value is -3.33. The predicted octanol–water partition coefficient (Wildman–Crippen LogP) is 3.48. The third-order valence-electron chi connectivity index (χ3n) is 6.92. The molecule has 2 saturated heterocycles. The molecule has 2 N–H and O–H groups in total. The number of hydrogen-bond acceptors (Lipinski definition) is 6. The van der Waals surface area contributed by atoms with Crippen molar-refractivity contribution in [1.29, 1.82) is 0 Å². The van der Waals surface area contributed by atoms with Gasteiger partial charge in [0.1, 0.15) is 0 Å². The minimum Gasteiger partial charge on any atom is -0.381 e. The summed E-state index contributed by atoms with van der Waals surface area (Å²) >= 11 is 0. The molecular formula is C28H32N4O4. The van der Waals surface area contributed by atoms with Gasteiger partial charge in [-0.1, -0.05) is 30.3 Å². The molecule has 1 aromatic heterocycles. The largest absolute Gasteiger partial charge is 0.381 e. The van der Waals surface area contributed by atoms with Gasteiger partial charge in [-0.3, -0.25) is 14.5 Å². The number of ether oxygens (including phenoxy) is 2. The molecule has 8 heteroatoms. The van der Waals surface area contributed by atoms with Crippen molar-refractivity contribution in [2.75, 3.05) is 51.4 Å². The van der Waals surface area contributed by atoms with Crippen LogP contribution in [0.4, 0.5) is 5.69 Å². The number of nitrogens with one attached hydrogen (secondary N) is 2. The zero-order valence-corrected chi connectivity index (χ0v) is 20.4. The maximum absolute atomic E-state index is 13.4. The molecule has 3 heterocycles. The summed E-state index contributed by atoms with van der Waals surface area (Å²) in [4.78, 5) is 32.9. The number of carbonyl (C=O) groups excluding carboxylic acids is 2. The molecule has 0 bridgehead atoms. The zero-order chi connectivity index (χ0) is 24.7. The van der Waals surface area contributed by atoms with Crippen LogP contribution in [0, 0.1) is 5.92 Å². The number of anilines is 1. The van der Waals surface area contributed by atoms with Crippen LogP contribution in [-0.2, 0) is 16.0 Å². The molecule has 5 rings (SSSR count). The Kier molecular flexibility index (Phi) is 7.85. The van der Waals surface area contributed by atoms with Crippen LogP contribution in [0.2, 0.25) is 0 Å². The first-order valence-electron chi connectivity index (χ1n) is 12.6. The molecule has 3 aromatic rings. The minimum absolute atomic E-state index is 0.214. The van der Waals surface area contributed by atoms with Crippen LogP contribution in [0.15, 0.2) is 54.7 Å². The molecule has 8 nitrogen and oxygen atoms in total. The van der Waals surface area contributed by atoms with Gasteiger partial charge in [0, 0.05) is 51.2 Å². The highest BCUT2D eigenvalue weighted by atomic mass is 16.5. The van der Waals surface area contributed by atoms with Crippen LogP contribution in [0.25, 0.3) is 10.8 Å². The second-order valence-corrected chi connectivity index (χ2v) is 9.33. The van der Waals surface area contributed by atoms with E-state index in [1.807, 2.05) is 30.3 Å². The fourth-order valence-corrected chi connectivity index (χ4v) is 4.85. The molecule has 0 saturated carbocycles. The molecule has 2 aliphatic heterocycles. The molecule has 2 amide bonds. The summed E-state index contributed by atoms with van der Waals surface area (Å²) < 4.78 is 10.9. The van der Waals surface area contributed by atoms with Crippen molar-refractivity contribution in [3.63, 3.8) is 0 Å². The summed E-state index contributed by atoms with van der Waals surface area (Å²) in [5.74, 6) is -0.162. The third-order valence-corrected chi connectivity index (χ3v) is 6.92. The van der Waals surface area contributed by atoms with Gasteiger partial charge in [-0.2, -0.15) is 0 Å². The Labute approximate surface area is 211 Å². The summed E-state index contributed by atoms with van der Waals surface area (Å²) in [6.07, 6.45) is 3.43. The Morgan fingerprint density at radius 1 is 0.889 bits per heavy atom. The van der Waals surface area contributed by atoms with Gasteiger partial charge in [-0.15, -0.1) is 0 Å². The van der Waals surface area contributed by atoms with Gasteiger partial charge in [0.15, 0.2) is 5.69 Å². The molecule has 36 heavy (non-hydrogen) atoms. The molecule has 0 spiro atoms. The average Bonchev–Trinajstić information content (AvgIpc) is 2.93. The van der Waals surface area contributed by atoms with Crippen LogP contribution >= 0.6 is 0 Å². The van der Waals surface area contributed by atoms with E-state index >= 15 is 0 Å². The summed E-state index contributed by atoms with van der Waals surface area (Å²) in [5, 5.41) is 7.84. The number of pyridine rings is 1. The minimum atomic E-state index is -0.289. The molecule has 0 radical (unpaired) electrons. The fourth-order valence-electron chi connectivity index (χ4n) is 4.85. The van der Waals surface area contributed by atoms with Crippen LogP contribution in [0.1, 0.15) is 39.3 Å². The molecule has 0 unspecified atom stereocenters. The van der Waals surface area contributed by atoms with Crippen LogP contribution < -0.4 is 10.6 Å². The van der Waals surface area contributed by atoms with Gasteiger partial charge in [-0.25, -0.2) is 4.98 Å². The van der Waals surface area contributed by atoms with Gasteiger partial charge < -0.3 is 20.1 Å². The molecule has 2 fully saturated rings. The first-order chi connectivity index (χ1) is 17.7. The second-order valence-electron chi connectivity index (χ2n) is 9.33. The van der Waals surface area contributed by atoms with Crippen molar-refractivity contribution >= 4 is 28.3 Å². The van der Waals surface area contributed by atoms with Gasteiger partial charge in [-0.05, 0) is 53.3 Å². The number of nitrogens with zero attached hydrogens (tertiary/aromatic N) is 2. The number of rotatable bonds is 7. The molecule has 188 valence electrons. The maximum Gasteiger partial charge on any atom is 0.272 e. The maximum atomic E-state index is 13.4. The van der Waals surface area contributed by atoms with E-state index in [4.69, 9.17) is 9.47 Å². The smallest absolute Gasteiger partial charge is 0.272 e. The first-order valence-corrected chi connectivity index (χ1v) is 12.6. The van der Waals surface area contributed by atoms with E-state index in [9.17, 15) is 9.59 Å². The lowest BCUT2D eigenvalue weighted by Crippen LogP contribution is -2.35. The van der Waals surface area contributed by atoms with Crippen molar-refractivity contribution in [3.8, 4) is 0 Å². The monoisotopic (exact) mass is 488 g/mol. The van der Waals surface area contributed by atoms with Crippen molar-refractivity contribution in [2.24, 2.45) is 5.92 Å². The van der Waals surface area contributed by atoms with E-state index in [1.165, 1.54) is 5.56 Å². The van der Waals surface area contributed by atoms with Crippen LogP contribution in [0.5, 0.6) is 0 Å². The quantitative estimate of drug-likeness (QED) is 0.529. The van der Waals surface area contributed by atoms with Crippen molar-refractivity contribution in [1.82, 2.24) is 15.2 Å². The Balaban J connectivity index is 1.33. The number of aromatic nitrogens is 1. The van der Waals surface area contributed by atoms with Gasteiger partial charge in [0.05, 0.1) is 18.9 Å². The zero-order valence-electron chi connectivity index (χ0n) is 20.4. The SMILES string of the molecule is O=C(NCC1CCOCC1)c1ncccc1NC(=O)c1ccc(CN2CCOCC2)c2ccccc12. The van der Waals surface area contributed by atoms with Crippen molar-refractivity contribution < 1.29 is 19.1 Å². The van der Waals surface area contributed by atoms with Crippen molar-refractivity contribution in [2.45, 2.75) is 19.4 Å². The summed E-state index contributed by atoms with van der Waals surface area (Å²) in [5.41, 5.74) is 2.35. The molecular weight excluding hydrogens is 456 g/mol. The number of carbonyl (C=O) groups is 2. The number of hydrogen-bond donors (Lipinski definition) is 2. The third kappa shape index (κ3) is 5.73. The van der Waals surface area contributed by atoms with E-state index < -0.39 is 0 Å². The standard InChI is InChI=1S/C28H32N4O4/c33-27(31-25-6-3-11-29-26(25)28(34)30-18-20-9-14-35-15-10-20)24-8-7-21(19-32-12-16-36-17-13-32)22-4-1-2-5-23(22)24/h1-8,11,20H,9-10,12-19H2,(H,30,34)(H,31,33). The summed E-state index contributed by atoms with van der Waals surface area (Å²) in [7, 11) is 0. The molecule has 0 aliphatic carbocycles. The Morgan fingerprint density at radius 3 is 2.44 bits per heavy atom. The second kappa shape index (κ2) is 11.6. The topological polar surface area (TPSA) is 92.8 Å². The van der Waals surface area contributed by atoms with E-state index in [-0.39, 0.29) is 17.5 Å². The van der Waals surface area contributed by atoms with Crippen LogP contribution in [0.3, 0.4) is 0 Å². The van der Waals surface area contributed by atoms with Gasteiger partial charge >= 0.3 is 0 Å². The molecule has 0 atom stereocenters. The summed E-state index contributed by atoms with van der Waals surface area (Å²) in [6, 6.07) is 15.3. The van der Waals surface area contributed by atoms with E-state index in [0.29, 0.717) is 23.7 Å². The highest BCUT2D eigenvalue weighted by molar-refractivity contribution is 6.15. The number of amides is 2. The van der Waals surface area contributed by atoms with Crippen LogP contribution in [-0.4, -0.2) is 67.8 Å². The molecule has 2 aromatic carbocycles. The lowest BCUT2D eigenvalue weighted by atomic mass is 9.98. The highest BCUT2D eigenvalue weighted by Crippen LogP contribution is 2.26. The number of morpholine rings is 1. The van der Waals surface area contributed by atoms with Gasteiger partial charge in [0.2, 0.25) is 0 Å². The first kappa shape index (κ1) is 24.4. The normalized spacial score (nSPS) is 17.1. The van der Waals surface area contributed by atoms with E-state index in [0.717, 1.165) is 69.7 Å². The lowest BCUT2D eigenvalue weighted by molar-refractivity contribution is 0.0343. The van der Waals surface area contributed by atoms with E-state index in [2.05, 4.69) is 26.6 Å².